The zero-order chi connectivity index (χ0) is 18.0. The van der Waals surface area contributed by atoms with E-state index >= 15 is 0 Å². The van der Waals surface area contributed by atoms with Crippen LogP contribution in [0.3, 0.4) is 0 Å². The second kappa shape index (κ2) is 10.9. The largest absolute Gasteiger partial charge is 0.481 e. The van der Waals surface area contributed by atoms with Crippen molar-refractivity contribution in [3.05, 3.63) is 0 Å². The van der Waals surface area contributed by atoms with Crippen molar-refractivity contribution in [2.75, 3.05) is 0 Å². The van der Waals surface area contributed by atoms with Gasteiger partial charge in [-0.1, -0.05) is 40.5 Å². The molecule has 0 aliphatic rings. The van der Waals surface area contributed by atoms with Gasteiger partial charge in [-0.25, -0.2) is 4.79 Å². The van der Waals surface area contributed by atoms with Crippen molar-refractivity contribution in [1.29, 1.82) is 0 Å². The third-order valence-electron chi connectivity index (χ3n) is 3.83. The van der Waals surface area contributed by atoms with Gasteiger partial charge < -0.3 is 19.9 Å². The highest BCUT2D eigenvalue weighted by Crippen LogP contribution is 2.22. The molecule has 0 fully saturated rings. The number of hydrogen-bond donors (Lipinski definition) is 2. The molecule has 0 heterocycles. The lowest BCUT2D eigenvalue weighted by Crippen LogP contribution is -2.44. The number of nitrogens with one attached hydrogen (secondary N) is 1. The normalized spacial score (nSPS) is 15.9. The maximum Gasteiger partial charge on any atom is 0.410 e. The molecule has 0 saturated heterocycles. The first kappa shape index (κ1) is 21.2. The standard InChI is InChI=1S/C16H29NO6/c1-6-8-10(3)11(4)13(9-14(18)19)17-16(21)23-12(5)22-15(20)7-2/h10-13H,6-9H2,1-5H3,(H,17,21)(H,18,19)/t10-,11-,12+,13+/m1/s1. The Labute approximate surface area is 137 Å². The Kier molecular flexibility index (Phi) is 10.0. The van der Waals surface area contributed by atoms with Gasteiger partial charge in [0.1, 0.15) is 0 Å². The van der Waals surface area contributed by atoms with Crippen LogP contribution in [0, 0.1) is 11.8 Å². The molecule has 0 radical (unpaired) electrons. The lowest BCUT2D eigenvalue weighted by molar-refractivity contribution is -0.164. The van der Waals surface area contributed by atoms with Gasteiger partial charge in [0.15, 0.2) is 0 Å². The van der Waals surface area contributed by atoms with Gasteiger partial charge in [0, 0.05) is 19.4 Å². The van der Waals surface area contributed by atoms with Crippen molar-refractivity contribution >= 4 is 18.0 Å². The fourth-order valence-corrected chi connectivity index (χ4v) is 2.30. The van der Waals surface area contributed by atoms with Crippen LogP contribution >= 0.6 is 0 Å². The number of hydrogen-bond acceptors (Lipinski definition) is 5. The predicted molar refractivity (Wildman–Crippen MR) is 84.7 cm³/mol. The van der Waals surface area contributed by atoms with E-state index in [9.17, 15) is 14.4 Å². The fourth-order valence-electron chi connectivity index (χ4n) is 2.30. The Balaban J connectivity index is 4.66. The van der Waals surface area contributed by atoms with Crippen LogP contribution in [0.2, 0.25) is 0 Å². The Morgan fingerprint density at radius 1 is 1.09 bits per heavy atom. The molecule has 4 atom stereocenters. The first-order chi connectivity index (χ1) is 10.7. The van der Waals surface area contributed by atoms with Crippen LogP contribution < -0.4 is 5.32 Å². The number of carbonyl (C=O) groups excluding carboxylic acids is 2. The van der Waals surface area contributed by atoms with Crippen molar-refractivity contribution in [3.8, 4) is 0 Å². The van der Waals surface area contributed by atoms with Crippen LogP contribution in [0.5, 0.6) is 0 Å². The van der Waals surface area contributed by atoms with E-state index in [1.54, 1.807) is 6.92 Å². The third-order valence-corrected chi connectivity index (χ3v) is 3.83. The minimum atomic E-state index is -1.02. The topological polar surface area (TPSA) is 102 Å². The fraction of sp³-hybridized carbons (Fsp3) is 0.812. The highest BCUT2D eigenvalue weighted by molar-refractivity contribution is 5.72. The average Bonchev–Trinajstić information content (AvgIpc) is 2.44. The quantitative estimate of drug-likeness (QED) is 0.471. The van der Waals surface area contributed by atoms with Gasteiger partial charge in [0.05, 0.1) is 6.42 Å². The molecule has 134 valence electrons. The number of amides is 1. The van der Waals surface area contributed by atoms with Crippen molar-refractivity contribution < 1.29 is 29.0 Å². The van der Waals surface area contributed by atoms with Gasteiger partial charge in [0.25, 0.3) is 0 Å². The van der Waals surface area contributed by atoms with Crippen LogP contribution in [0.25, 0.3) is 0 Å². The number of aliphatic carboxylic acids is 1. The van der Waals surface area contributed by atoms with Crippen molar-refractivity contribution in [3.63, 3.8) is 0 Å². The Morgan fingerprint density at radius 2 is 1.70 bits per heavy atom. The van der Waals surface area contributed by atoms with Gasteiger partial charge >= 0.3 is 18.0 Å². The monoisotopic (exact) mass is 331 g/mol. The summed E-state index contributed by atoms with van der Waals surface area (Å²) in [5.41, 5.74) is 0. The third kappa shape index (κ3) is 9.05. The molecule has 7 heteroatoms. The molecule has 7 nitrogen and oxygen atoms in total. The van der Waals surface area contributed by atoms with Crippen LogP contribution in [0.15, 0.2) is 0 Å². The van der Waals surface area contributed by atoms with Gasteiger partial charge in [0.2, 0.25) is 6.29 Å². The highest BCUT2D eigenvalue weighted by Gasteiger charge is 2.27. The number of carbonyl (C=O) groups is 3. The predicted octanol–water partition coefficient (Wildman–Crippen LogP) is 2.93. The number of esters is 1. The van der Waals surface area contributed by atoms with E-state index in [0.717, 1.165) is 12.8 Å². The van der Waals surface area contributed by atoms with Crippen LogP contribution in [-0.2, 0) is 19.1 Å². The molecule has 1 amide bonds. The van der Waals surface area contributed by atoms with E-state index in [2.05, 4.69) is 12.2 Å². The molecule has 0 aliphatic carbocycles. The number of rotatable bonds is 10. The molecule has 0 unspecified atom stereocenters. The van der Waals surface area contributed by atoms with Crippen LogP contribution in [0.4, 0.5) is 4.79 Å². The maximum atomic E-state index is 11.9. The molecule has 23 heavy (non-hydrogen) atoms. The summed E-state index contributed by atoms with van der Waals surface area (Å²) in [6.07, 6.45) is 0.119. The maximum absolute atomic E-state index is 11.9. The van der Waals surface area contributed by atoms with Gasteiger partial charge in [-0.3, -0.25) is 9.59 Å². The molecule has 0 bridgehead atoms. The lowest BCUT2D eigenvalue weighted by Gasteiger charge is -2.28. The summed E-state index contributed by atoms with van der Waals surface area (Å²) in [5, 5.41) is 11.6. The van der Waals surface area contributed by atoms with Gasteiger partial charge in [-0.15, -0.1) is 0 Å². The molecular formula is C16H29NO6. The Hall–Kier alpha value is -1.79. The zero-order valence-corrected chi connectivity index (χ0v) is 14.6. The molecule has 0 spiro atoms. The summed E-state index contributed by atoms with van der Waals surface area (Å²) >= 11 is 0. The Bertz CT molecular complexity index is 398. The molecular weight excluding hydrogens is 302 g/mol. The van der Waals surface area contributed by atoms with E-state index in [1.807, 2.05) is 13.8 Å². The molecule has 0 saturated carbocycles. The second-order valence-corrected chi connectivity index (χ2v) is 5.79. The summed E-state index contributed by atoms with van der Waals surface area (Å²) in [5.74, 6) is -1.22. The van der Waals surface area contributed by atoms with Crippen LogP contribution in [0.1, 0.15) is 60.3 Å². The summed E-state index contributed by atoms with van der Waals surface area (Å²) in [6, 6.07) is -0.546. The molecule has 2 N–H and O–H groups in total. The van der Waals surface area contributed by atoms with Gasteiger partial charge in [-0.05, 0) is 11.8 Å². The first-order valence-electron chi connectivity index (χ1n) is 8.09. The minimum absolute atomic E-state index is 0.0212. The van der Waals surface area contributed by atoms with E-state index in [0.29, 0.717) is 0 Å². The van der Waals surface area contributed by atoms with Crippen LogP contribution in [-0.4, -0.2) is 35.5 Å². The molecule has 0 aliphatic heterocycles. The van der Waals surface area contributed by atoms with Crippen molar-refractivity contribution in [2.45, 2.75) is 72.6 Å². The first-order valence-corrected chi connectivity index (χ1v) is 8.09. The highest BCUT2D eigenvalue weighted by atomic mass is 16.7. The zero-order valence-electron chi connectivity index (χ0n) is 14.6. The van der Waals surface area contributed by atoms with Crippen molar-refractivity contribution in [2.24, 2.45) is 11.8 Å². The average molecular weight is 331 g/mol. The van der Waals surface area contributed by atoms with E-state index in [4.69, 9.17) is 14.6 Å². The SMILES string of the molecule is CCC[C@@H](C)[C@@H](C)[C@H](CC(=O)O)NC(=O)O[C@@H](C)OC(=O)CC. The van der Waals surface area contributed by atoms with Gasteiger partial charge in [-0.2, -0.15) is 0 Å². The Morgan fingerprint density at radius 3 is 2.17 bits per heavy atom. The minimum Gasteiger partial charge on any atom is -0.481 e. The molecule has 0 rings (SSSR count). The summed E-state index contributed by atoms with van der Waals surface area (Å²) in [7, 11) is 0. The van der Waals surface area contributed by atoms with E-state index in [1.165, 1.54) is 6.92 Å². The summed E-state index contributed by atoms with van der Waals surface area (Å²) < 4.78 is 9.78. The molecule has 0 aromatic carbocycles. The van der Waals surface area contributed by atoms with E-state index in [-0.39, 0.29) is 24.7 Å². The van der Waals surface area contributed by atoms with Crippen molar-refractivity contribution in [1.82, 2.24) is 5.32 Å². The van der Waals surface area contributed by atoms with E-state index < -0.39 is 30.4 Å². The number of carboxylic acids is 1. The smallest absolute Gasteiger partial charge is 0.410 e. The number of alkyl carbamates (subject to hydrolysis) is 1. The molecule has 0 aromatic rings. The number of carboxylic acid groups (broad SMARTS) is 1. The molecule has 0 aromatic heterocycles. The summed E-state index contributed by atoms with van der Waals surface area (Å²) in [6.45, 7) is 9.06. The second-order valence-electron chi connectivity index (χ2n) is 5.79. The number of ether oxygens (including phenoxy) is 2. The summed E-state index contributed by atoms with van der Waals surface area (Å²) in [4.78, 5) is 34.0. The lowest BCUT2D eigenvalue weighted by atomic mass is 9.84.